The number of carbonyl (C=O) groups excluding carboxylic acids is 1. The van der Waals surface area contributed by atoms with Crippen molar-refractivity contribution >= 4 is 34.8 Å². The van der Waals surface area contributed by atoms with Gasteiger partial charge in [0.15, 0.2) is 0 Å². The first kappa shape index (κ1) is 16.3. The van der Waals surface area contributed by atoms with E-state index in [1.165, 1.54) is 30.3 Å². The second-order valence-corrected chi connectivity index (χ2v) is 5.25. The summed E-state index contributed by atoms with van der Waals surface area (Å²) in [5, 5.41) is 13.3. The van der Waals surface area contributed by atoms with Crippen LogP contribution in [0.15, 0.2) is 41.5 Å². The third-order valence-electron chi connectivity index (χ3n) is 2.83. The Balaban J connectivity index is 2.20. The molecule has 0 saturated heterocycles. The highest BCUT2D eigenvalue weighted by Crippen LogP contribution is 2.24. The minimum absolute atomic E-state index is 0.0313. The summed E-state index contributed by atoms with van der Waals surface area (Å²) in [6.07, 6.45) is 0. The summed E-state index contributed by atoms with van der Waals surface area (Å²) in [7, 11) is 0. The summed E-state index contributed by atoms with van der Waals surface area (Å²) < 4.78 is 13.5. The normalized spacial score (nSPS) is 11.4. The van der Waals surface area contributed by atoms with Gasteiger partial charge in [0, 0.05) is 11.1 Å². The maximum atomic E-state index is 13.5. The smallest absolute Gasteiger partial charge is 0.271 e. The average Bonchev–Trinajstić information content (AvgIpc) is 2.48. The molecule has 0 bridgehead atoms. The van der Waals surface area contributed by atoms with E-state index in [4.69, 9.17) is 23.2 Å². The van der Waals surface area contributed by atoms with Gasteiger partial charge in [-0.1, -0.05) is 29.3 Å². The lowest BCUT2D eigenvalue weighted by Crippen LogP contribution is -2.19. The number of halogens is 3. The summed E-state index contributed by atoms with van der Waals surface area (Å²) in [6.45, 7) is 1.57. The third kappa shape index (κ3) is 3.75. The summed E-state index contributed by atoms with van der Waals surface area (Å²) >= 11 is 11.6. The van der Waals surface area contributed by atoms with Gasteiger partial charge in [-0.2, -0.15) is 5.10 Å². The van der Waals surface area contributed by atoms with Gasteiger partial charge in [0.05, 0.1) is 15.8 Å². The first-order chi connectivity index (χ1) is 10.4. The van der Waals surface area contributed by atoms with Gasteiger partial charge in [-0.25, -0.2) is 9.82 Å². The molecular weight excluding hydrogens is 330 g/mol. The number of nitrogens with one attached hydrogen (secondary N) is 1. The highest BCUT2D eigenvalue weighted by molar-refractivity contribution is 6.37. The van der Waals surface area contributed by atoms with Crippen LogP contribution in [0.3, 0.4) is 0 Å². The Morgan fingerprint density at radius 3 is 2.64 bits per heavy atom. The molecule has 0 aliphatic heterocycles. The maximum Gasteiger partial charge on any atom is 0.271 e. The van der Waals surface area contributed by atoms with Gasteiger partial charge in [0.1, 0.15) is 11.6 Å². The van der Waals surface area contributed by atoms with E-state index in [0.717, 1.165) is 6.07 Å². The number of phenols is 1. The van der Waals surface area contributed by atoms with Crippen LogP contribution < -0.4 is 5.43 Å². The monoisotopic (exact) mass is 340 g/mol. The maximum absolute atomic E-state index is 13.5. The van der Waals surface area contributed by atoms with Crippen molar-refractivity contribution in [3.8, 4) is 5.75 Å². The molecule has 0 radical (unpaired) electrons. The standard InChI is InChI=1S/C15H11Cl2FN2O2/c1-8(11-6-14(18)13(17)7-12(11)16)19-20-15(22)9-3-2-4-10(21)5-9/h2-7,21H,1H3,(H,20,22)/b19-8-. The molecule has 0 aliphatic rings. The zero-order valence-corrected chi connectivity index (χ0v) is 12.9. The third-order valence-corrected chi connectivity index (χ3v) is 3.44. The Labute approximate surface area is 136 Å². The molecule has 22 heavy (non-hydrogen) atoms. The van der Waals surface area contributed by atoms with E-state index >= 15 is 0 Å². The van der Waals surface area contributed by atoms with E-state index in [1.54, 1.807) is 6.92 Å². The van der Waals surface area contributed by atoms with Gasteiger partial charge in [0.2, 0.25) is 0 Å². The topological polar surface area (TPSA) is 61.7 Å². The van der Waals surface area contributed by atoms with E-state index in [1.807, 2.05) is 0 Å². The van der Waals surface area contributed by atoms with Gasteiger partial charge in [-0.3, -0.25) is 4.79 Å². The average molecular weight is 341 g/mol. The zero-order valence-electron chi connectivity index (χ0n) is 11.4. The van der Waals surface area contributed by atoms with Gasteiger partial charge < -0.3 is 5.11 Å². The van der Waals surface area contributed by atoms with Crippen molar-refractivity contribution in [2.45, 2.75) is 6.92 Å². The van der Waals surface area contributed by atoms with Crippen LogP contribution in [0, 0.1) is 5.82 Å². The molecule has 0 aliphatic carbocycles. The lowest BCUT2D eigenvalue weighted by Gasteiger charge is -2.06. The van der Waals surface area contributed by atoms with Crippen LogP contribution in [0.25, 0.3) is 0 Å². The quantitative estimate of drug-likeness (QED) is 0.504. The Hall–Kier alpha value is -2.11. The molecule has 0 aromatic heterocycles. The van der Waals surface area contributed by atoms with Crippen LogP contribution in [0.2, 0.25) is 10.0 Å². The molecular formula is C15H11Cl2FN2O2. The van der Waals surface area contributed by atoms with Crippen LogP contribution in [0.5, 0.6) is 5.75 Å². The molecule has 0 unspecified atom stereocenters. The van der Waals surface area contributed by atoms with Gasteiger partial charge in [-0.05, 0) is 37.3 Å². The van der Waals surface area contributed by atoms with Crippen molar-refractivity contribution in [3.05, 3.63) is 63.4 Å². The Kier molecular flexibility index (Phi) is 5.00. The molecule has 2 rings (SSSR count). The van der Waals surface area contributed by atoms with E-state index in [-0.39, 0.29) is 21.4 Å². The molecule has 0 fully saturated rings. The minimum Gasteiger partial charge on any atom is -0.508 e. The minimum atomic E-state index is -0.630. The number of rotatable bonds is 3. The fourth-order valence-electron chi connectivity index (χ4n) is 1.71. The molecule has 7 heteroatoms. The number of aromatic hydroxyl groups is 1. The molecule has 0 atom stereocenters. The number of nitrogens with zero attached hydrogens (tertiary/aromatic N) is 1. The molecule has 114 valence electrons. The predicted molar refractivity (Wildman–Crippen MR) is 84.2 cm³/mol. The Morgan fingerprint density at radius 2 is 1.95 bits per heavy atom. The molecule has 0 heterocycles. The lowest BCUT2D eigenvalue weighted by molar-refractivity contribution is 0.0954. The SMILES string of the molecule is C/C(=N/NC(=O)c1cccc(O)c1)c1cc(F)c(Cl)cc1Cl. The van der Waals surface area contributed by atoms with E-state index in [2.05, 4.69) is 10.5 Å². The van der Waals surface area contributed by atoms with Gasteiger partial charge in [-0.15, -0.1) is 0 Å². The van der Waals surface area contributed by atoms with Gasteiger partial charge >= 0.3 is 0 Å². The van der Waals surface area contributed by atoms with Crippen molar-refractivity contribution < 1.29 is 14.3 Å². The molecule has 1 amide bonds. The van der Waals surface area contributed by atoms with Crippen LogP contribution in [-0.2, 0) is 0 Å². The number of carbonyl (C=O) groups is 1. The summed E-state index contributed by atoms with van der Waals surface area (Å²) in [6, 6.07) is 8.21. The molecule has 2 aromatic carbocycles. The highest BCUT2D eigenvalue weighted by Gasteiger charge is 2.11. The Morgan fingerprint density at radius 1 is 1.23 bits per heavy atom. The summed E-state index contributed by atoms with van der Waals surface area (Å²) in [4.78, 5) is 11.9. The number of hydrogen-bond acceptors (Lipinski definition) is 3. The fourth-order valence-corrected chi connectivity index (χ4v) is 2.23. The molecule has 2 N–H and O–H groups in total. The van der Waals surface area contributed by atoms with Crippen LogP contribution in [-0.4, -0.2) is 16.7 Å². The van der Waals surface area contributed by atoms with Crippen molar-refractivity contribution in [2.75, 3.05) is 0 Å². The van der Waals surface area contributed by atoms with Crippen LogP contribution in [0.4, 0.5) is 4.39 Å². The summed E-state index contributed by atoms with van der Waals surface area (Å²) in [5.41, 5.74) is 3.18. The van der Waals surface area contributed by atoms with Gasteiger partial charge in [0.25, 0.3) is 5.91 Å². The lowest BCUT2D eigenvalue weighted by atomic mass is 10.1. The number of hydrogen-bond donors (Lipinski definition) is 2. The van der Waals surface area contributed by atoms with E-state index < -0.39 is 11.7 Å². The van der Waals surface area contributed by atoms with E-state index in [0.29, 0.717) is 11.3 Å². The number of hydrazone groups is 1. The molecule has 2 aromatic rings. The van der Waals surface area contributed by atoms with Crippen LogP contribution in [0.1, 0.15) is 22.8 Å². The van der Waals surface area contributed by atoms with Crippen molar-refractivity contribution in [1.29, 1.82) is 0 Å². The molecule has 0 spiro atoms. The first-order valence-electron chi connectivity index (χ1n) is 6.17. The fraction of sp³-hybridized carbons (Fsp3) is 0.0667. The second kappa shape index (κ2) is 6.77. The zero-order chi connectivity index (χ0) is 16.3. The number of amides is 1. The number of phenolic OH excluding ortho intramolecular Hbond substituents is 1. The highest BCUT2D eigenvalue weighted by atomic mass is 35.5. The predicted octanol–water partition coefficient (Wildman–Crippen LogP) is 3.99. The van der Waals surface area contributed by atoms with Crippen molar-refractivity contribution in [3.63, 3.8) is 0 Å². The number of benzene rings is 2. The molecule has 4 nitrogen and oxygen atoms in total. The van der Waals surface area contributed by atoms with E-state index in [9.17, 15) is 14.3 Å². The van der Waals surface area contributed by atoms with Crippen molar-refractivity contribution in [2.24, 2.45) is 5.10 Å². The second-order valence-electron chi connectivity index (χ2n) is 4.43. The first-order valence-corrected chi connectivity index (χ1v) is 6.92. The van der Waals surface area contributed by atoms with Crippen molar-refractivity contribution in [1.82, 2.24) is 5.43 Å². The Bertz CT molecular complexity index is 763. The summed E-state index contributed by atoms with van der Waals surface area (Å²) in [5.74, 6) is -1.17. The largest absolute Gasteiger partial charge is 0.508 e. The molecule has 0 saturated carbocycles. The van der Waals surface area contributed by atoms with Crippen LogP contribution >= 0.6 is 23.2 Å².